The second-order valence-corrected chi connectivity index (χ2v) is 3.57. The molecule has 1 N–H and O–H groups in total. The van der Waals surface area contributed by atoms with Crippen molar-refractivity contribution in [2.45, 2.75) is 13.0 Å². The maximum atomic E-state index is 10.4. The van der Waals surface area contributed by atoms with Gasteiger partial charge in [-0.15, -0.1) is 0 Å². The summed E-state index contributed by atoms with van der Waals surface area (Å²) in [5.41, 5.74) is 1.15. The van der Waals surface area contributed by atoms with Crippen molar-refractivity contribution >= 4 is 17.2 Å². The van der Waals surface area contributed by atoms with Gasteiger partial charge in [0, 0.05) is 0 Å². The largest absolute Gasteiger partial charge is 0.352 e. The van der Waals surface area contributed by atoms with Gasteiger partial charge in [0.15, 0.2) is 0 Å². The van der Waals surface area contributed by atoms with Crippen LogP contribution in [0.25, 0.3) is 10.8 Å². The van der Waals surface area contributed by atoms with E-state index in [1.165, 1.54) is 10.8 Å². The van der Waals surface area contributed by atoms with Crippen molar-refractivity contribution in [3.8, 4) is 0 Å². The number of fused-ring (bicyclic) bond motifs is 1. The lowest BCUT2D eigenvalue weighted by Crippen LogP contribution is -2.16. The molecule has 1 atom stereocenters. The van der Waals surface area contributed by atoms with E-state index in [0.717, 1.165) is 12.0 Å². The highest BCUT2D eigenvalue weighted by atomic mass is 16.1. The van der Waals surface area contributed by atoms with E-state index in [0.29, 0.717) is 0 Å². The summed E-state index contributed by atoms with van der Waals surface area (Å²) in [6.45, 7) is 1.98. The monoisotopic (exact) mass is 199 g/mol. The zero-order valence-electron chi connectivity index (χ0n) is 8.60. The average Bonchev–Trinajstić information content (AvgIpc) is 2.28. The molecular formula is C13H13NO. The number of carbonyl (C=O) groups excluding carboxylic acids is 1. The van der Waals surface area contributed by atoms with Gasteiger partial charge in [0.1, 0.15) is 0 Å². The molecule has 0 saturated carbocycles. The number of hydrogen-bond donors (Lipinski definition) is 1. The van der Waals surface area contributed by atoms with E-state index < -0.39 is 0 Å². The van der Waals surface area contributed by atoms with Crippen molar-refractivity contribution in [1.82, 2.24) is 5.32 Å². The molecule has 2 heteroatoms. The Hall–Kier alpha value is -1.83. The smallest absolute Gasteiger partial charge is 0.207 e. The first kappa shape index (κ1) is 9.71. The van der Waals surface area contributed by atoms with E-state index in [-0.39, 0.29) is 6.04 Å². The minimum Gasteiger partial charge on any atom is -0.352 e. The molecule has 1 amide bonds. The quantitative estimate of drug-likeness (QED) is 0.756. The fourth-order valence-electron chi connectivity index (χ4n) is 1.82. The summed E-state index contributed by atoms with van der Waals surface area (Å²) in [5.74, 6) is 0. The van der Waals surface area contributed by atoms with Crippen LogP contribution in [0, 0.1) is 0 Å². The molecule has 2 aromatic rings. The normalized spacial score (nSPS) is 12.3. The third-order valence-electron chi connectivity index (χ3n) is 2.61. The summed E-state index contributed by atoms with van der Waals surface area (Å²) in [6.07, 6.45) is 0.743. The molecule has 0 saturated heterocycles. The zero-order chi connectivity index (χ0) is 10.7. The van der Waals surface area contributed by atoms with Crippen LogP contribution >= 0.6 is 0 Å². The third-order valence-corrected chi connectivity index (χ3v) is 2.61. The SMILES string of the molecule is C[C@@H](NC=O)c1cccc2ccccc12. The Labute approximate surface area is 88.9 Å². The van der Waals surface area contributed by atoms with Gasteiger partial charge in [0.25, 0.3) is 0 Å². The Balaban J connectivity index is 2.55. The molecule has 0 bridgehead atoms. The highest BCUT2D eigenvalue weighted by Gasteiger charge is 2.06. The van der Waals surface area contributed by atoms with Crippen LogP contribution in [-0.4, -0.2) is 6.41 Å². The Kier molecular flexibility index (Phi) is 2.68. The summed E-state index contributed by atoms with van der Waals surface area (Å²) in [5, 5.41) is 5.17. The molecule has 2 aromatic carbocycles. The lowest BCUT2D eigenvalue weighted by Gasteiger charge is -2.13. The van der Waals surface area contributed by atoms with E-state index in [9.17, 15) is 4.79 Å². The lowest BCUT2D eigenvalue weighted by atomic mass is 10.00. The summed E-state index contributed by atoms with van der Waals surface area (Å²) < 4.78 is 0. The van der Waals surface area contributed by atoms with E-state index in [1.807, 2.05) is 31.2 Å². The van der Waals surface area contributed by atoms with Crippen molar-refractivity contribution in [3.05, 3.63) is 48.0 Å². The number of nitrogens with one attached hydrogen (secondary N) is 1. The summed E-state index contributed by atoms with van der Waals surface area (Å²) in [7, 11) is 0. The second kappa shape index (κ2) is 4.13. The average molecular weight is 199 g/mol. The fourth-order valence-corrected chi connectivity index (χ4v) is 1.82. The number of carbonyl (C=O) groups is 1. The first-order valence-electron chi connectivity index (χ1n) is 5.00. The number of amides is 1. The standard InChI is InChI=1S/C13H13NO/c1-10(14-9-15)12-8-4-6-11-5-2-3-7-13(11)12/h2-10H,1H3,(H,14,15)/t10-/m1/s1. The molecule has 0 aliphatic carbocycles. The van der Waals surface area contributed by atoms with Crippen LogP contribution in [0.3, 0.4) is 0 Å². The van der Waals surface area contributed by atoms with Gasteiger partial charge in [-0.05, 0) is 23.3 Å². The second-order valence-electron chi connectivity index (χ2n) is 3.57. The number of hydrogen-bond acceptors (Lipinski definition) is 1. The maximum Gasteiger partial charge on any atom is 0.207 e. The zero-order valence-corrected chi connectivity index (χ0v) is 8.60. The fraction of sp³-hybridized carbons (Fsp3) is 0.154. The van der Waals surface area contributed by atoms with Crippen LogP contribution in [-0.2, 0) is 4.79 Å². The van der Waals surface area contributed by atoms with E-state index >= 15 is 0 Å². The van der Waals surface area contributed by atoms with Gasteiger partial charge in [-0.2, -0.15) is 0 Å². The highest BCUT2D eigenvalue weighted by Crippen LogP contribution is 2.23. The summed E-state index contributed by atoms with van der Waals surface area (Å²) in [6, 6.07) is 14.4. The molecule has 0 aliphatic heterocycles. The van der Waals surface area contributed by atoms with E-state index in [2.05, 4.69) is 23.5 Å². The van der Waals surface area contributed by atoms with Crippen LogP contribution in [0.1, 0.15) is 18.5 Å². The first-order chi connectivity index (χ1) is 7.33. The Bertz CT molecular complexity index is 473. The highest BCUT2D eigenvalue weighted by molar-refractivity contribution is 5.86. The van der Waals surface area contributed by atoms with Crippen LogP contribution < -0.4 is 5.32 Å². The molecule has 0 heterocycles. The van der Waals surface area contributed by atoms with Gasteiger partial charge >= 0.3 is 0 Å². The third kappa shape index (κ3) is 1.84. The van der Waals surface area contributed by atoms with Crippen molar-refractivity contribution in [3.63, 3.8) is 0 Å². The van der Waals surface area contributed by atoms with Crippen molar-refractivity contribution < 1.29 is 4.79 Å². The molecule has 15 heavy (non-hydrogen) atoms. The molecule has 0 radical (unpaired) electrons. The van der Waals surface area contributed by atoms with Crippen LogP contribution in [0.4, 0.5) is 0 Å². The van der Waals surface area contributed by atoms with Crippen molar-refractivity contribution in [2.24, 2.45) is 0 Å². The van der Waals surface area contributed by atoms with Gasteiger partial charge < -0.3 is 5.32 Å². The first-order valence-corrected chi connectivity index (χ1v) is 5.00. The molecule has 0 unspecified atom stereocenters. The van der Waals surface area contributed by atoms with Crippen LogP contribution in [0.5, 0.6) is 0 Å². The molecule has 0 aliphatic rings. The minimum atomic E-state index is 0.0496. The lowest BCUT2D eigenvalue weighted by molar-refractivity contribution is -0.110. The summed E-state index contributed by atoms with van der Waals surface area (Å²) in [4.78, 5) is 10.4. The van der Waals surface area contributed by atoms with Gasteiger partial charge in [-0.1, -0.05) is 42.5 Å². The van der Waals surface area contributed by atoms with Crippen molar-refractivity contribution in [2.75, 3.05) is 0 Å². The Morgan fingerprint density at radius 2 is 1.87 bits per heavy atom. The van der Waals surface area contributed by atoms with E-state index in [4.69, 9.17) is 0 Å². The van der Waals surface area contributed by atoms with Crippen LogP contribution in [0.15, 0.2) is 42.5 Å². The Morgan fingerprint density at radius 1 is 1.13 bits per heavy atom. The molecule has 0 spiro atoms. The van der Waals surface area contributed by atoms with Gasteiger partial charge in [-0.25, -0.2) is 0 Å². The molecule has 0 fully saturated rings. The Morgan fingerprint density at radius 3 is 2.67 bits per heavy atom. The predicted octanol–water partition coefficient (Wildman–Crippen LogP) is 2.65. The molecule has 2 nitrogen and oxygen atoms in total. The van der Waals surface area contributed by atoms with Gasteiger partial charge in [0.05, 0.1) is 6.04 Å². The number of benzene rings is 2. The molecular weight excluding hydrogens is 186 g/mol. The van der Waals surface area contributed by atoms with Crippen molar-refractivity contribution in [1.29, 1.82) is 0 Å². The molecule has 0 aromatic heterocycles. The molecule has 2 rings (SSSR count). The predicted molar refractivity (Wildman–Crippen MR) is 61.6 cm³/mol. The van der Waals surface area contributed by atoms with E-state index in [1.54, 1.807) is 0 Å². The number of rotatable bonds is 3. The maximum absolute atomic E-state index is 10.4. The van der Waals surface area contributed by atoms with Crippen LogP contribution in [0.2, 0.25) is 0 Å². The van der Waals surface area contributed by atoms with Gasteiger partial charge in [-0.3, -0.25) is 4.79 Å². The summed E-state index contributed by atoms with van der Waals surface area (Å²) >= 11 is 0. The molecule has 76 valence electrons. The van der Waals surface area contributed by atoms with Gasteiger partial charge in [0.2, 0.25) is 6.41 Å². The minimum absolute atomic E-state index is 0.0496. The topological polar surface area (TPSA) is 29.1 Å².